The Morgan fingerprint density at radius 1 is 1.17 bits per heavy atom. The molecule has 0 bridgehead atoms. The molecule has 2 heterocycles. The number of halogens is 2. The van der Waals surface area contributed by atoms with Crippen LogP contribution in [0.15, 0.2) is 46.4 Å². The van der Waals surface area contributed by atoms with Crippen LogP contribution in [0.2, 0.25) is 0 Å². The fourth-order valence-corrected chi connectivity index (χ4v) is 4.37. The van der Waals surface area contributed by atoms with Crippen molar-refractivity contribution in [3.05, 3.63) is 63.4 Å². The lowest BCUT2D eigenvalue weighted by Crippen LogP contribution is -2.54. The van der Waals surface area contributed by atoms with E-state index in [4.69, 9.17) is 12.2 Å². The lowest BCUT2D eigenvalue weighted by molar-refractivity contribution is -0.122. The van der Waals surface area contributed by atoms with Gasteiger partial charge in [0.05, 0.1) is 11.4 Å². The highest BCUT2D eigenvalue weighted by Crippen LogP contribution is 2.29. The van der Waals surface area contributed by atoms with E-state index in [2.05, 4.69) is 21.2 Å². The Hall–Kier alpha value is -2.58. The first kappa shape index (κ1) is 20.7. The number of benzene rings is 2. The van der Waals surface area contributed by atoms with Crippen LogP contribution in [-0.4, -0.2) is 30.0 Å². The molecule has 2 aromatic rings. The van der Waals surface area contributed by atoms with E-state index in [1.807, 2.05) is 17.9 Å². The topological polar surface area (TPSA) is 52.7 Å². The minimum Gasteiger partial charge on any atom is -0.369 e. The molecule has 8 heteroatoms. The highest BCUT2D eigenvalue weighted by molar-refractivity contribution is 9.10. The molecule has 0 atom stereocenters. The monoisotopic (exact) mass is 487 g/mol. The van der Waals surface area contributed by atoms with E-state index in [-0.39, 0.29) is 16.5 Å². The molecule has 1 N–H and O–H groups in total. The van der Waals surface area contributed by atoms with Gasteiger partial charge in [0.2, 0.25) is 0 Å². The Bertz CT molecular complexity index is 1100. The van der Waals surface area contributed by atoms with Crippen LogP contribution in [0.25, 0.3) is 6.08 Å². The van der Waals surface area contributed by atoms with Crippen molar-refractivity contribution in [3.63, 3.8) is 0 Å². The van der Waals surface area contributed by atoms with Gasteiger partial charge in [0.25, 0.3) is 11.8 Å². The van der Waals surface area contributed by atoms with Gasteiger partial charge in [-0.05, 0) is 79.5 Å². The zero-order valence-electron chi connectivity index (χ0n) is 16.2. The standard InChI is InChI=1S/C22H19BrFN3O2S/c1-13-9-19(26-7-2-3-8-26)18(24)11-14(13)10-17-20(28)25-22(30)27(21(17)29)16-6-4-5-15(23)12-16/h4-6,9-12H,2-3,7-8H2,1H3,(H,25,28,30)/b17-10+. The summed E-state index contributed by atoms with van der Waals surface area (Å²) < 4.78 is 15.6. The summed E-state index contributed by atoms with van der Waals surface area (Å²) in [4.78, 5) is 28.9. The van der Waals surface area contributed by atoms with Crippen molar-refractivity contribution in [2.24, 2.45) is 0 Å². The number of amides is 2. The van der Waals surface area contributed by atoms with Gasteiger partial charge in [-0.3, -0.25) is 19.8 Å². The van der Waals surface area contributed by atoms with Crippen LogP contribution in [0.5, 0.6) is 0 Å². The molecular weight excluding hydrogens is 469 g/mol. The maximum absolute atomic E-state index is 14.8. The lowest BCUT2D eigenvalue weighted by Gasteiger charge is -2.29. The Kier molecular flexibility index (Phi) is 5.71. The summed E-state index contributed by atoms with van der Waals surface area (Å²) in [7, 11) is 0. The maximum Gasteiger partial charge on any atom is 0.270 e. The van der Waals surface area contributed by atoms with Crippen molar-refractivity contribution in [2.45, 2.75) is 19.8 Å². The molecule has 4 rings (SSSR count). The van der Waals surface area contributed by atoms with Crippen LogP contribution < -0.4 is 15.1 Å². The molecule has 2 aromatic carbocycles. The highest BCUT2D eigenvalue weighted by atomic mass is 79.9. The van der Waals surface area contributed by atoms with Gasteiger partial charge in [-0.15, -0.1) is 0 Å². The van der Waals surface area contributed by atoms with Crippen LogP contribution in [0.4, 0.5) is 15.8 Å². The van der Waals surface area contributed by atoms with Crippen molar-refractivity contribution in [3.8, 4) is 0 Å². The Labute approximate surface area is 187 Å². The molecule has 0 unspecified atom stereocenters. The van der Waals surface area contributed by atoms with Crippen molar-refractivity contribution in [1.82, 2.24) is 5.32 Å². The molecule has 2 aliphatic heterocycles. The first-order valence-corrected chi connectivity index (χ1v) is 10.8. The summed E-state index contributed by atoms with van der Waals surface area (Å²) in [6, 6.07) is 10.2. The van der Waals surface area contributed by atoms with Crippen LogP contribution >= 0.6 is 28.1 Å². The molecule has 0 aliphatic carbocycles. The molecule has 2 saturated heterocycles. The molecule has 0 aromatic heterocycles. The molecular formula is C22H19BrFN3O2S. The third-order valence-electron chi connectivity index (χ3n) is 5.25. The van der Waals surface area contributed by atoms with Crippen molar-refractivity contribution in [1.29, 1.82) is 0 Å². The van der Waals surface area contributed by atoms with E-state index in [1.165, 1.54) is 17.0 Å². The van der Waals surface area contributed by atoms with Crippen LogP contribution in [0.1, 0.15) is 24.0 Å². The Morgan fingerprint density at radius 2 is 1.90 bits per heavy atom. The van der Waals surface area contributed by atoms with Gasteiger partial charge in [0.1, 0.15) is 11.4 Å². The second-order valence-electron chi connectivity index (χ2n) is 7.29. The zero-order valence-corrected chi connectivity index (χ0v) is 18.6. The zero-order chi connectivity index (χ0) is 21.4. The molecule has 2 fully saturated rings. The second-order valence-corrected chi connectivity index (χ2v) is 8.59. The third kappa shape index (κ3) is 3.89. The number of carbonyl (C=O) groups excluding carboxylic acids is 2. The van der Waals surface area contributed by atoms with Gasteiger partial charge < -0.3 is 4.90 Å². The van der Waals surface area contributed by atoms with Gasteiger partial charge in [-0.1, -0.05) is 22.0 Å². The summed E-state index contributed by atoms with van der Waals surface area (Å²) in [6.07, 6.45) is 3.52. The molecule has 0 saturated carbocycles. The molecule has 0 spiro atoms. The first-order valence-electron chi connectivity index (χ1n) is 9.57. The maximum atomic E-state index is 14.8. The number of nitrogens with one attached hydrogen (secondary N) is 1. The lowest BCUT2D eigenvalue weighted by atomic mass is 10.0. The van der Waals surface area contributed by atoms with E-state index < -0.39 is 11.8 Å². The molecule has 5 nitrogen and oxygen atoms in total. The fraction of sp³-hybridized carbons (Fsp3) is 0.227. The minimum absolute atomic E-state index is 0.00698. The average Bonchev–Trinajstić information content (AvgIpc) is 3.22. The average molecular weight is 488 g/mol. The number of hydrogen-bond donors (Lipinski definition) is 1. The molecule has 154 valence electrons. The molecule has 2 amide bonds. The van der Waals surface area contributed by atoms with E-state index >= 15 is 0 Å². The minimum atomic E-state index is -0.598. The van der Waals surface area contributed by atoms with Gasteiger partial charge in [-0.2, -0.15) is 0 Å². The van der Waals surface area contributed by atoms with Crippen LogP contribution in [-0.2, 0) is 9.59 Å². The van der Waals surface area contributed by atoms with Gasteiger partial charge in [0.15, 0.2) is 5.11 Å². The normalized spacial score (nSPS) is 18.4. The van der Waals surface area contributed by atoms with Crippen molar-refractivity contribution >= 4 is 62.5 Å². The Morgan fingerprint density at radius 3 is 2.60 bits per heavy atom. The largest absolute Gasteiger partial charge is 0.369 e. The van der Waals surface area contributed by atoms with Crippen LogP contribution in [0.3, 0.4) is 0 Å². The highest BCUT2D eigenvalue weighted by Gasteiger charge is 2.34. The number of carbonyl (C=O) groups is 2. The number of hydrogen-bond acceptors (Lipinski definition) is 4. The fourth-order valence-electron chi connectivity index (χ4n) is 3.70. The first-order chi connectivity index (χ1) is 14.3. The number of thiocarbonyl (C=S) groups is 1. The smallest absolute Gasteiger partial charge is 0.270 e. The summed E-state index contributed by atoms with van der Waals surface area (Å²) in [5, 5.41) is 2.56. The summed E-state index contributed by atoms with van der Waals surface area (Å²) in [6.45, 7) is 3.50. The third-order valence-corrected chi connectivity index (χ3v) is 6.03. The number of anilines is 2. The van der Waals surface area contributed by atoms with Crippen molar-refractivity contribution < 1.29 is 14.0 Å². The molecule has 2 aliphatic rings. The predicted octanol–water partition coefficient (Wildman–Crippen LogP) is 4.33. The number of nitrogens with zero attached hydrogens (tertiary/aromatic N) is 2. The number of rotatable bonds is 3. The predicted molar refractivity (Wildman–Crippen MR) is 123 cm³/mol. The summed E-state index contributed by atoms with van der Waals surface area (Å²) in [5.41, 5.74) is 2.26. The second kappa shape index (κ2) is 8.28. The van der Waals surface area contributed by atoms with Crippen molar-refractivity contribution in [2.75, 3.05) is 22.9 Å². The molecule has 30 heavy (non-hydrogen) atoms. The van der Waals surface area contributed by atoms with E-state index in [0.717, 1.165) is 36.0 Å². The van der Waals surface area contributed by atoms with E-state index in [0.29, 0.717) is 16.9 Å². The number of aryl methyl sites for hydroxylation is 1. The SMILES string of the molecule is Cc1cc(N2CCCC2)c(F)cc1/C=C1\C(=O)NC(=S)N(c2cccc(Br)c2)C1=O. The molecule has 0 radical (unpaired) electrons. The van der Waals surface area contributed by atoms with Gasteiger partial charge in [0, 0.05) is 17.6 Å². The van der Waals surface area contributed by atoms with E-state index in [9.17, 15) is 14.0 Å². The van der Waals surface area contributed by atoms with E-state index in [1.54, 1.807) is 24.3 Å². The quantitative estimate of drug-likeness (QED) is 0.397. The van der Waals surface area contributed by atoms with Crippen LogP contribution in [0, 0.1) is 12.7 Å². The summed E-state index contributed by atoms with van der Waals surface area (Å²) in [5.74, 6) is -1.51. The van der Waals surface area contributed by atoms with Gasteiger partial charge >= 0.3 is 0 Å². The van der Waals surface area contributed by atoms with Gasteiger partial charge in [-0.25, -0.2) is 4.39 Å². The summed E-state index contributed by atoms with van der Waals surface area (Å²) >= 11 is 8.59. The Balaban J connectivity index is 1.71.